The highest BCUT2D eigenvalue weighted by atomic mass is 79.9. The average Bonchev–Trinajstić information content (AvgIpc) is 2.40. The van der Waals surface area contributed by atoms with Crippen molar-refractivity contribution in [1.29, 1.82) is 0 Å². The molecule has 1 aromatic heterocycles. The molecule has 0 N–H and O–H groups in total. The topological polar surface area (TPSA) is 16.1 Å². The summed E-state index contributed by atoms with van der Waals surface area (Å²) in [7, 11) is 0. The summed E-state index contributed by atoms with van der Waals surface area (Å²) in [6.45, 7) is 2.12. The third kappa shape index (κ3) is 4.07. The Morgan fingerprint density at radius 3 is 2.71 bits per heavy atom. The normalized spacial score (nSPS) is 17.5. The minimum atomic E-state index is 0.767. The van der Waals surface area contributed by atoms with Gasteiger partial charge in [-0.2, -0.15) is 0 Å². The van der Waals surface area contributed by atoms with Crippen LogP contribution in [0.15, 0.2) is 24.4 Å². The van der Waals surface area contributed by atoms with E-state index in [1.54, 1.807) is 0 Å². The second-order valence-electron chi connectivity index (χ2n) is 4.77. The molecule has 0 amide bonds. The SMILES string of the molecule is BrCCN(Cc1ccccn1)C1CCCCC1. The monoisotopic (exact) mass is 296 g/mol. The van der Waals surface area contributed by atoms with Gasteiger partial charge in [-0.25, -0.2) is 0 Å². The first-order valence-electron chi connectivity index (χ1n) is 6.60. The lowest BCUT2D eigenvalue weighted by molar-refractivity contribution is 0.156. The van der Waals surface area contributed by atoms with Crippen LogP contribution in [0.2, 0.25) is 0 Å². The van der Waals surface area contributed by atoms with Gasteiger partial charge in [-0.05, 0) is 25.0 Å². The van der Waals surface area contributed by atoms with Gasteiger partial charge in [0.2, 0.25) is 0 Å². The lowest BCUT2D eigenvalue weighted by Crippen LogP contribution is -2.37. The zero-order valence-electron chi connectivity index (χ0n) is 10.3. The van der Waals surface area contributed by atoms with Gasteiger partial charge in [-0.15, -0.1) is 0 Å². The van der Waals surface area contributed by atoms with Gasteiger partial charge in [0.05, 0.1) is 5.69 Å². The van der Waals surface area contributed by atoms with Crippen LogP contribution in [-0.4, -0.2) is 27.8 Å². The summed E-state index contributed by atoms with van der Waals surface area (Å²) in [6.07, 6.45) is 8.82. The van der Waals surface area contributed by atoms with E-state index >= 15 is 0 Å². The van der Waals surface area contributed by atoms with Crippen LogP contribution in [0.3, 0.4) is 0 Å². The van der Waals surface area contributed by atoms with E-state index in [2.05, 4.69) is 37.9 Å². The minimum absolute atomic E-state index is 0.767. The van der Waals surface area contributed by atoms with Crippen LogP contribution in [0.5, 0.6) is 0 Å². The molecule has 0 atom stereocenters. The van der Waals surface area contributed by atoms with Crippen LogP contribution in [0, 0.1) is 0 Å². The molecule has 0 unspecified atom stereocenters. The third-order valence-electron chi connectivity index (χ3n) is 3.55. The van der Waals surface area contributed by atoms with Crippen molar-refractivity contribution in [3.63, 3.8) is 0 Å². The molecule has 1 fully saturated rings. The van der Waals surface area contributed by atoms with Crippen LogP contribution >= 0.6 is 15.9 Å². The van der Waals surface area contributed by atoms with Crippen LogP contribution < -0.4 is 0 Å². The van der Waals surface area contributed by atoms with E-state index in [-0.39, 0.29) is 0 Å². The maximum Gasteiger partial charge on any atom is 0.0544 e. The van der Waals surface area contributed by atoms with Crippen molar-refractivity contribution in [2.75, 3.05) is 11.9 Å². The van der Waals surface area contributed by atoms with Gasteiger partial charge in [-0.1, -0.05) is 41.3 Å². The van der Waals surface area contributed by atoms with Crippen molar-refractivity contribution in [3.05, 3.63) is 30.1 Å². The molecule has 94 valence electrons. The van der Waals surface area contributed by atoms with E-state index in [0.717, 1.165) is 24.5 Å². The molecule has 0 radical (unpaired) electrons. The zero-order valence-corrected chi connectivity index (χ0v) is 11.9. The Kier molecular flexibility index (Phi) is 5.46. The van der Waals surface area contributed by atoms with E-state index in [1.165, 1.54) is 37.8 Å². The first-order chi connectivity index (χ1) is 8.40. The fourth-order valence-corrected chi connectivity index (χ4v) is 3.10. The van der Waals surface area contributed by atoms with Crippen LogP contribution in [0.25, 0.3) is 0 Å². The maximum atomic E-state index is 4.44. The van der Waals surface area contributed by atoms with Crippen molar-refractivity contribution >= 4 is 15.9 Å². The number of hydrogen-bond acceptors (Lipinski definition) is 2. The van der Waals surface area contributed by atoms with Crippen molar-refractivity contribution in [3.8, 4) is 0 Å². The second-order valence-corrected chi connectivity index (χ2v) is 5.57. The lowest BCUT2D eigenvalue weighted by Gasteiger charge is -2.33. The highest BCUT2D eigenvalue weighted by Gasteiger charge is 2.20. The van der Waals surface area contributed by atoms with Gasteiger partial charge in [0.1, 0.15) is 0 Å². The predicted molar refractivity (Wildman–Crippen MR) is 75.3 cm³/mol. The smallest absolute Gasteiger partial charge is 0.0544 e. The first-order valence-corrected chi connectivity index (χ1v) is 7.72. The van der Waals surface area contributed by atoms with Gasteiger partial charge in [0.15, 0.2) is 0 Å². The maximum absolute atomic E-state index is 4.44. The summed E-state index contributed by atoms with van der Waals surface area (Å²) < 4.78 is 0. The molecular formula is C14H21BrN2. The Morgan fingerprint density at radius 2 is 2.06 bits per heavy atom. The summed E-state index contributed by atoms with van der Waals surface area (Å²) in [5, 5.41) is 1.05. The fraction of sp³-hybridized carbons (Fsp3) is 0.643. The van der Waals surface area contributed by atoms with Crippen molar-refractivity contribution in [2.45, 2.75) is 44.7 Å². The van der Waals surface area contributed by atoms with Crippen molar-refractivity contribution in [2.24, 2.45) is 0 Å². The molecule has 1 saturated carbocycles. The number of nitrogens with zero attached hydrogens (tertiary/aromatic N) is 2. The summed E-state index contributed by atoms with van der Waals surface area (Å²) >= 11 is 3.57. The van der Waals surface area contributed by atoms with E-state index < -0.39 is 0 Å². The van der Waals surface area contributed by atoms with Crippen molar-refractivity contribution < 1.29 is 0 Å². The highest BCUT2D eigenvalue weighted by Crippen LogP contribution is 2.23. The number of aromatic nitrogens is 1. The number of alkyl halides is 1. The van der Waals surface area contributed by atoms with Gasteiger partial charge >= 0.3 is 0 Å². The number of halogens is 1. The number of rotatable bonds is 5. The van der Waals surface area contributed by atoms with E-state index in [4.69, 9.17) is 0 Å². The van der Waals surface area contributed by atoms with E-state index in [1.807, 2.05) is 12.3 Å². The fourth-order valence-electron chi connectivity index (χ4n) is 2.65. The van der Waals surface area contributed by atoms with Crippen LogP contribution in [0.4, 0.5) is 0 Å². The Labute approximate surface area is 113 Å². The highest BCUT2D eigenvalue weighted by molar-refractivity contribution is 9.09. The molecule has 1 heterocycles. The molecule has 1 aromatic rings. The quantitative estimate of drug-likeness (QED) is 0.772. The summed E-state index contributed by atoms with van der Waals surface area (Å²) in [6, 6.07) is 6.96. The molecule has 0 spiro atoms. The summed E-state index contributed by atoms with van der Waals surface area (Å²) in [5.74, 6) is 0. The van der Waals surface area contributed by atoms with E-state index in [9.17, 15) is 0 Å². The van der Waals surface area contributed by atoms with Crippen LogP contribution in [0.1, 0.15) is 37.8 Å². The molecule has 17 heavy (non-hydrogen) atoms. The molecule has 0 aromatic carbocycles. The molecule has 1 aliphatic carbocycles. The molecule has 0 saturated heterocycles. The van der Waals surface area contributed by atoms with E-state index in [0.29, 0.717) is 0 Å². The van der Waals surface area contributed by atoms with Crippen molar-refractivity contribution in [1.82, 2.24) is 9.88 Å². The Bertz CT molecular complexity index is 309. The van der Waals surface area contributed by atoms with Gasteiger partial charge in [-0.3, -0.25) is 9.88 Å². The molecule has 0 bridgehead atoms. The Hall–Kier alpha value is -0.410. The third-order valence-corrected chi connectivity index (χ3v) is 3.91. The molecule has 2 nitrogen and oxygen atoms in total. The predicted octanol–water partition coefficient (Wildman–Crippen LogP) is 3.61. The number of pyridine rings is 1. The average molecular weight is 297 g/mol. The number of hydrogen-bond donors (Lipinski definition) is 0. The molecule has 2 rings (SSSR count). The molecule has 3 heteroatoms. The molecule has 1 aliphatic rings. The largest absolute Gasteiger partial charge is 0.294 e. The first kappa shape index (κ1) is 13.0. The molecular weight excluding hydrogens is 276 g/mol. The second kappa shape index (κ2) is 7.12. The van der Waals surface area contributed by atoms with Gasteiger partial charge in [0, 0.05) is 30.7 Å². The zero-order chi connectivity index (χ0) is 11.9. The minimum Gasteiger partial charge on any atom is -0.294 e. The Balaban J connectivity index is 1.96. The summed E-state index contributed by atoms with van der Waals surface area (Å²) in [4.78, 5) is 7.03. The van der Waals surface area contributed by atoms with Crippen LogP contribution in [-0.2, 0) is 6.54 Å². The lowest BCUT2D eigenvalue weighted by atomic mass is 9.94. The Morgan fingerprint density at radius 1 is 1.24 bits per heavy atom. The summed E-state index contributed by atoms with van der Waals surface area (Å²) in [5.41, 5.74) is 1.19. The standard InChI is InChI=1S/C14H21BrN2/c15-9-11-17(14-7-2-1-3-8-14)12-13-6-4-5-10-16-13/h4-6,10,14H,1-3,7-9,11-12H2. The van der Waals surface area contributed by atoms with Gasteiger partial charge < -0.3 is 0 Å². The molecule has 0 aliphatic heterocycles. The van der Waals surface area contributed by atoms with Gasteiger partial charge in [0.25, 0.3) is 0 Å².